The Morgan fingerprint density at radius 3 is 2.54 bits per heavy atom. The van der Waals surface area contributed by atoms with Gasteiger partial charge in [-0.2, -0.15) is 0 Å². The number of ether oxygens (including phenoxy) is 1. The fraction of sp³-hybridized carbons (Fsp3) is 0.179. The maximum atomic E-state index is 13.4. The van der Waals surface area contributed by atoms with Gasteiger partial charge in [0, 0.05) is 28.7 Å². The number of pyridine rings is 1. The van der Waals surface area contributed by atoms with Crippen molar-refractivity contribution >= 4 is 57.3 Å². The number of aromatic nitrogens is 3. The van der Waals surface area contributed by atoms with Crippen molar-refractivity contribution in [3.05, 3.63) is 100 Å². The Morgan fingerprint density at radius 1 is 1.08 bits per heavy atom. The molecule has 1 unspecified atom stereocenters. The van der Waals surface area contributed by atoms with Crippen molar-refractivity contribution in [3.8, 4) is 5.75 Å². The SMILES string of the molecule is CCCOc1ccc(C2/C(=C(\O)c3ccncc3)C(=O)C(=O)N2c2nnc(SCc3ccccc3Cl)s2)cc1. The Hall–Kier alpha value is -3.73. The number of carbonyl (C=O) groups excluding carboxylic acids is 2. The van der Waals surface area contributed by atoms with Gasteiger partial charge in [-0.1, -0.05) is 72.0 Å². The van der Waals surface area contributed by atoms with Crippen LogP contribution >= 0.6 is 34.7 Å². The molecule has 1 saturated heterocycles. The molecule has 11 heteroatoms. The summed E-state index contributed by atoms with van der Waals surface area (Å²) in [4.78, 5) is 32.0. The molecule has 0 bridgehead atoms. The van der Waals surface area contributed by atoms with E-state index in [9.17, 15) is 14.7 Å². The van der Waals surface area contributed by atoms with E-state index in [4.69, 9.17) is 16.3 Å². The predicted molar refractivity (Wildman–Crippen MR) is 152 cm³/mol. The van der Waals surface area contributed by atoms with Gasteiger partial charge in [0.25, 0.3) is 5.78 Å². The summed E-state index contributed by atoms with van der Waals surface area (Å²) in [5, 5.41) is 20.6. The number of nitrogens with zero attached hydrogens (tertiary/aromatic N) is 4. The van der Waals surface area contributed by atoms with Crippen LogP contribution in [0.2, 0.25) is 5.02 Å². The molecule has 2 aromatic carbocycles. The van der Waals surface area contributed by atoms with Crippen LogP contribution in [-0.2, 0) is 15.3 Å². The number of hydrogen-bond acceptors (Lipinski definition) is 9. The van der Waals surface area contributed by atoms with Gasteiger partial charge in [0.05, 0.1) is 18.2 Å². The molecule has 1 N–H and O–H groups in total. The summed E-state index contributed by atoms with van der Waals surface area (Å²) < 4.78 is 6.31. The van der Waals surface area contributed by atoms with Crippen molar-refractivity contribution in [2.24, 2.45) is 0 Å². The molecule has 0 spiro atoms. The smallest absolute Gasteiger partial charge is 0.301 e. The molecule has 2 aromatic heterocycles. The van der Waals surface area contributed by atoms with Crippen molar-refractivity contribution in [1.82, 2.24) is 15.2 Å². The van der Waals surface area contributed by atoms with Gasteiger partial charge in [0.15, 0.2) is 4.34 Å². The number of ketones is 1. The number of aliphatic hydroxyl groups is 1. The third-order valence-electron chi connectivity index (χ3n) is 5.98. The Labute approximate surface area is 238 Å². The van der Waals surface area contributed by atoms with E-state index in [0.717, 1.165) is 12.0 Å². The molecule has 1 aliphatic rings. The number of benzene rings is 2. The summed E-state index contributed by atoms with van der Waals surface area (Å²) in [6, 6.07) is 16.9. The number of amides is 1. The van der Waals surface area contributed by atoms with Gasteiger partial charge >= 0.3 is 5.91 Å². The molecule has 1 atom stereocenters. The topological polar surface area (TPSA) is 106 Å². The molecule has 0 radical (unpaired) electrons. The van der Waals surface area contributed by atoms with E-state index < -0.39 is 17.7 Å². The van der Waals surface area contributed by atoms with Gasteiger partial charge in [-0.25, -0.2) is 0 Å². The van der Waals surface area contributed by atoms with E-state index >= 15 is 0 Å². The standard InChI is InChI=1S/C28H23ClN4O4S2/c1-2-15-37-20-9-7-17(8-10-20)23-22(24(34)18-11-13-30-14-12-18)25(35)26(36)33(23)27-31-32-28(39-27)38-16-19-5-3-4-6-21(19)29/h3-14,23,34H,2,15-16H2,1H3/b24-22+. The molecule has 0 aliphatic carbocycles. The summed E-state index contributed by atoms with van der Waals surface area (Å²) in [5.74, 6) is -0.646. The van der Waals surface area contributed by atoms with E-state index in [2.05, 4.69) is 15.2 Å². The van der Waals surface area contributed by atoms with Gasteiger partial charge < -0.3 is 9.84 Å². The van der Waals surface area contributed by atoms with E-state index in [0.29, 0.717) is 38.6 Å². The summed E-state index contributed by atoms with van der Waals surface area (Å²) in [6.45, 7) is 2.59. The van der Waals surface area contributed by atoms with Crippen LogP contribution in [0.5, 0.6) is 5.75 Å². The molecule has 3 heterocycles. The number of rotatable bonds is 9. The first-order chi connectivity index (χ1) is 19.0. The monoisotopic (exact) mass is 578 g/mol. The number of aliphatic hydroxyl groups excluding tert-OH is 1. The van der Waals surface area contributed by atoms with E-state index in [-0.39, 0.29) is 16.5 Å². The van der Waals surface area contributed by atoms with Gasteiger partial charge in [-0.05, 0) is 47.9 Å². The second-order valence-corrected chi connectivity index (χ2v) is 11.1. The number of thioether (sulfide) groups is 1. The molecule has 0 saturated carbocycles. The highest BCUT2D eigenvalue weighted by Gasteiger charge is 2.48. The molecular formula is C28H23ClN4O4S2. The molecular weight excluding hydrogens is 556 g/mol. The lowest BCUT2D eigenvalue weighted by Crippen LogP contribution is -2.29. The number of Topliss-reactive ketones (excluding diaryl/α,β-unsaturated/α-hetero) is 1. The van der Waals surface area contributed by atoms with Crippen molar-refractivity contribution in [2.45, 2.75) is 29.5 Å². The summed E-state index contributed by atoms with van der Waals surface area (Å²) in [6.07, 6.45) is 3.88. The lowest BCUT2D eigenvalue weighted by atomic mass is 9.95. The minimum atomic E-state index is -0.909. The summed E-state index contributed by atoms with van der Waals surface area (Å²) in [5.41, 5.74) is 1.91. The maximum absolute atomic E-state index is 13.4. The Bertz CT molecular complexity index is 1530. The lowest BCUT2D eigenvalue weighted by Gasteiger charge is -2.22. The highest BCUT2D eigenvalue weighted by atomic mass is 35.5. The van der Waals surface area contributed by atoms with Crippen molar-refractivity contribution < 1.29 is 19.4 Å². The second kappa shape index (κ2) is 12.0. The van der Waals surface area contributed by atoms with Crippen LogP contribution < -0.4 is 9.64 Å². The summed E-state index contributed by atoms with van der Waals surface area (Å²) in [7, 11) is 0. The molecule has 1 amide bonds. The van der Waals surface area contributed by atoms with E-state index in [1.54, 1.807) is 36.4 Å². The zero-order valence-corrected chi connectivity index (χ0v) is 23.2. The van der Waals surface area contributed by atoms with E-state index in [1.165, 1.54) is 40.4 Å². The number of halogens is 1. The minimum Gasteiger partial charge on any atom is -0.507 e. The largest absolute Gasteiger partial charge is 0.507 e. The molecule has 1 aliphatic heterocycles. The Balaban J connectivity index is 1.52. The normalized spacial score (nSPS) is 16.6. The highest BCUT2D eigenvalue weighted by molar-refractivity contribution is 8.00. The van der Waals surface area contributed by atoms with E-state index in [1.807, 2.05) is 31.2 Å². The average molecular weight is 579 g/mol. The van der Waals surface area contributed by atoms with Crippen LogP contribution in [0.15, 0.2) is 83.0 Å². The molecule has 1 fully saturated rings. The van der Waals surface area contributed by atoms with Crippen LogP contribution in [0, 0.1) is 0 Å². The molecule has 5 rings (SSSR count). The first-order valence-electron chi connectivity index (χ1n) is 12.1. The van der Waals surface area contributed by atoms with Crippen LogP contribution in [-0.4, -0.2) is 38.6 Å². The second-order valence-electron chi connectivity index (χ2n) is 8.55. The van der Waals surface area contributed by atoms with Gasteiger partial charge in [0.1, 0.15) is 11.5 Å². The fourth-order valence-electron chi connectivity index (χ4n) is 4.09. The van der Waals surface area contributed by atoms with Gasteiger partial charge in [-0.15, -0.1) is 10.2 Å². The summed E-state index contributed by atoms with van der Waals surface area (Å²) >= 11 is 8.91. The maximum Gasteiger partial charge on any atom is 0.301 e. The van der Waals surface area contributed by atoms with Crippen molar-refractivity contribution in [1.29, 1.82) is 0 Å². The van der Waals surface area contributed by atoms with Crippen molar-refractivity contribution in [3.63, 3.8) is 0 Å². The number of hydrogen-bond donors (Lipinski definition) is 1. The van der Waals surface area contributed by atoms with Crippen LogP contribution in [0.3, 0.4) is 0 Å². The first kappa shape index (κ1) is 26.9. The number of anilines is 1. The average Bonchev–Trinajstić information content (AvgIpc) is 3.53. The zero-order chi connectivity index (χ0) is 27.4. The molecule has 4 aromatic rings. The predicted octanol–water partition coefficient (Wildman–Crippen LogP) is 6.29. The quantitative estimate of drug-likeness (QED) is 0.0811. The highest BCUT2D eigenvalue weighted by Crippen LogP contribution is 2.44. The van der Waals surface area contributed by atoms with Gasteiger partial charge in [-0.3, -0.25) is 19.5 Å². The molecule has 198 valence electrons. The molecule has 39 heavy (non-hydrogen) atoms. The Morgan fingerprint density at radius 2 is 1.82 bits per heavy atom. The van der Waals surface area contributed by atoms with Crippen LogP contribution in [0.1, 0.15) is 36.1 Å². The Kier molecular flexibility index (Phi) is 8.25. The first-order valence-corrected chi connectivity index (χ1v) is 14.3. The van der Waals surface area contributed by atoms with Gasteiger partial charge in [0.2, 0.25) is 5.13 Å². The third kappa shape index (κ3) is 5.68. The van der Waals surface area contributed by atoms with Crippen molar-refractivity contribution in [2.75, 3.05) is 11.5 Å². The third-order valence-corrected chi connectivity index (χ3v) is 8.45. The fourth-order valence-corrected chi connectivity index (χ4v) is 6.24. The minimum absolute atomic E-state index is 0.0334. The number of carbonyl (C=O) groups is 2. The van der Waals surface area contributed by atoms with Crippen LogP contribution in [0.25, 0.3) is 5.76 Å². The zero-order valence-electron chi connectivity index (χ0n) is 20.8. The van der Waals surface area contributed by atoms with Crippen LogP contribution in [0.4, 0.5) is 5.13 Å². The molecule has 8 nitrogen and oxygen atoms in total. The lowest BCUT2D eigenvalue weighted by molar-refractivity contribution is -0.132.